The first-order valence-corrected chi connectivity index (χ1v) is 13.1. The van der Waals surface area contributed by atoms with E-state index < -0.39 is 10.8 Å². The zero-order chi connectivity index (χ0) is 29.8. The number of pyridine rings is 1. The van der Waals surface area contributed by atoms with Gasteiger partial charge in [-0.1, -0.05) is 41.5 Å². The number of methoxy groups -OCH3 is 3. The zero-order valence-corrected chi connectivity index (χ0v) is 25.1. The molecule has 11 heteroatoms. The summed E-state index contributed by atoms with van der Waals surface area (Å²) >= 11 is 0. The van der Waals surface area contributed by atoms with E-state index in [4.69, 9.17) is 14.2 Å². The van der Waals surface area contributed by atoms with Crippen LogP contribution >= 0.6 is 0 Å². The van der Waals surface area contributed by atoms with E-state index in [0.29, 0.717) is 41.4 Å². The lowest BCUT2D eigenvalue weighted by atomic mass is 9.95. The maximum atomic E-state index is 12.9. The van der Waals surface area contributed by atoms with E-state index >= 15 is 0 Å². The third-order valence-corrected chi connectivity index (χ3v) is 6.20. The lowest BCUT2D eigenvalue weighted by molar-refractivity contribution is -0.123. The summed E-state index contributed by atoms with van der Waals surface area (Å²) in [5, 5.41) is 6.20. The summed E-state index contributed by atoms with van der Waals surface area (Å²) in [7, 11) is 4.73. The molecule has 40 heavy (non-hydrogen) atoms. The second-order valence-electron chi connectivity index (χ2n) is 11.4. The Morgan fingerprint density at radius 1 is 0.850 bits per heavy atom. The Labute approximate surface area is 235 Å². The average Bonchev–Trinajstić information content (AvgIpc) is 2.89. The van der Waals surface area contributed by atoms with E-state index in [1.54, 1.807) is 48.3 Å². The number of hydrogen-bond donors (Lipinski definition) is 2. The van der Waals surface area contributed by atoms with Gasteiger partial charge in [-0.2, -0.15) is 9.97 Å². The molecule has 2 heterocycles. The summed E-state index contributed by atoms with van der Waals surface area (Å²) in [4.78, 5) is 41.2. The van der Waals surface area contributed by atoms with Gasteiger partial charge in [-0.05, 0) is 18.6 Å². The topological polar surface area (TPSA) is 128 Å². The SMILES string of the molecule is CCN(Cc1cnc2nc(NC(=O)C(C)(C)C)nc(NC(=O)C(C)(C)C)c2c1)c1cc(OC)c(OC)c(OC)c1. The molecule has 2 aromatic heterocycles. The van der Waals surface area contributed by atoms with Crippen LogP contribution < -0.4 is 29.7 Å². The van der Waals surface area contributed by atoms with Crippen LogP contribution in [0.2, 0.25) is 0 Å². The highest BCUT2D eigenvalue weighted by Gasteiger charge is 2.26. The van der Waals surface area contributed by atoms with Crippen molar-refractivity contribution in [2.75, 3.05) is 43.4 Å². The molecule has 0 fully saturated rings. The highest BCUT2D eigenvalue weighted by Crippen LogP contribution is 2.41. The van der Waals surface area contributed by atoms with Gasteiger partial charge < -0.3 is 24.4 Å². The Kier molecular flexibility index (Phi) is 9.07. The Morgan fingerprint density at radius 2 is 1.43 bits per heavy atom. The largest absolute Gasteiger partial charge is 0.493 e. The molecular formula is C29H40N6O5. The van der Waals surface area contributed by atoms with Gasteiger partial charge in [-0.25, -0.2) is 4.98 Å². The van der Waals surface area contributed by atoms with Gasteiger partial charge in [-0.3, -0.25) is 14.9 Å². The first-order valence-electron chi connectivity index (χ1n) is 13.1. The van der Waals surface area contributed by atoms with Crippen molar-refractivity contribution < 1.29 is 23.8 Å². The van der Waals surface area contributed by atoms with Crippen molar-refractivity contribution in [2.45, 2.75) is 55.0 Å². The van der Waals surface area contributed by atoms with Crippen LogP contribution in [0.15, 0.2) is 24.4 Å². The summed E-state index contributed by atoms with van der Waals surface area (Å²) < 4.78 is 16.5. The normalized spacial score (nSPS) is 11.7. The minimum Gasteiger partial charge on any atom is -0.493 e. The Bertz CT molecular complexity index is 1370. The lowest BCUT2D eigenvalue weighted by Crippen LogP contribution is -2.30. The fourth-order valence-electron chi connectivity index (χ4n) is 3.73. The van der Waals surface area contributed by atoms with Crippen molar-refractivity contribution in [3.05, 3.63) is 30.0 Å². The summed E-state index contributed by atoms with van der Waals surface area (Å²) in [6, 6.07) is 5.68. The van der Waals surface area contributed by atoms with Gasteiger partial charge in [0.1, 0.15) is 5.82 Å². The highest BCUT2D eigenvalue weighted by molar-refractivity contribution is 6.02. The zero-order valence-electron chi connectivity index (χ0n) is 25.1. The van der Waals surface area contributed by atoms with Crippen molar-refractivity contribution in [3.63, 3.8) is 0 Å². The molecule has 3 aromatic rings. The lowest BCUT2D eigenvalue weighted by Gasteiger charge is -2.25. The number of anilines is 3. The molecule has 216 valence electrons. The summed E-state index contributed by atoms with van der Waals surface area (Å²) in [5.41, 5.74) is 0.769. The van der Waals surface area contributed by atoms with Crippen LogP contribution in [0.5, 0.6) is 17.2 Å². The Balaban J connectivity index is 2.06. The summed E-state index contributed by atoms with van der Waals surface area (Å²) in [5.74, 6) is 1.50. The standard InChI is InChI=1S/C29H40N6O5/c1-11-35(18-13-20(38-8)22(40-10)21(14-18)39-9)16-17-12-19-23(30-15-17)32-27(34-26(37)29(5,6)7)33-24(19)31-25(36)28(2,3)4/h12-15H,11,16H2,1-10H3,(H2,30,31,32,33,34,36,37). The van der Waals surface area contributed by atoms with E-state index in [1.807, 2.05) is 45.9 Å². The molecule has 1 aromatic carbocycles. The van der Waals surface area contributed by atoms with Crippen LogP contribution in [0.4, 0.5) is 17.5 Å². The van der Waals surface area contributed by atoms with Gasteiger partial charge in [0.2, 0.25) is 23.5 Å². The molecule has 0 bridgehead atoms. The maximum Gasteiger partial charge on any atom is 0.233 e. The monoisotopic (exact) mass is 552 g/mol. The van der Waals surface area contributed by atoms with Crippen molar-refractivity contribution in [3.8, 4) is 17.2 Å². The predicted molar refractivity (Wildman–Crippen MR) is 156 cm³/mol. The van der Waals surface area contributed by atoms with Gasteiger partial charge in [-0.15, -0.1) is 0 Å². The predicted octanol–water partition coefficient (Wildman–Crippen LogP) is 5.05. The number of ether oxygens (including phenoxy) is 3. The fourth-order valence-corrected chi connectivity index (χ4v) is 3.73. The molecule has 0 radical (unpaired) electrons. The van der Waals surface area contributed by atoms with Gasteiger partial charge >= 0.3 is 0 Å². The molecule has 0 saturated heterocycles. The van der Waals surface area contributed by atoms with E-state index in [9.17, 15) is 9.59 Å². The molecular weight excluding hydrogens is 512 g/mol. The van der Waals surface area contributed by atoms with Crippen molar-refractivity contribution in [1.82, 2.24) is 15.0 Å². The smallest absolute Gasteiger partial charge is 0.233 e. The number of benzene rings is 1. The number of nitrogens with zero attached hydrogens (tertiary/aromatic N) is 4. The van der Waals surface area contributed by atoms with E-state index in [1.165, 1.54) is 0 Å². The molecule has 0 unspecified atom stereocenters. The third-order valence-electron chi connectivity index (χ3n) is 6.20. The van der Waals surface area contributed by atoms with E-state index in [-0.39, 0.29) is 23.6 Å². The van der Waals surface area contributed by atoms with Crippen molar-refractivity contribution in [1.29, 1.82) is 0 Å². The van der Waals surface area contributed by atoms with Crippen molar-refractivity contribution >= 4 is 40.3 Å². The van der Waals surface area contributed by atoms with Crippen molar-refractivity contribution in [2.24, 2.45) is 10.8 Å². The second kappa shape index (κ2) is 11.9. The number of aromatic nitrogens is 3. The van der Waals surface area contributed by atoms with Gasteiger partial charge in [0.15, 0.2) is 17.1 Å². The van der Waals surface area contributed by atoms with Gasteiger partial charge in [0.25, 0.3) is 0 Å². The first-order chi connectivity index (χ1) is 18.7. The van der Waals surface area contributed by atoms with Crippen LogP contribution in [0.25, 0.3) is 11.0 Å². The third kappa shape index (κ3) is 6.88. The minimum atomic E-state index is -0.664. The maximum absolute atomic E-state index is 12.9. The second-order valence-corrected chi connectivity index (χ2v) is 11.4. The molecule has 0 aliphatic carbocycles. The summed E-state index contributed by atoms with van der Waals surface area (Å²) in [6.45, 7) is 14.0. The molecule has 0 aliphatic rings. The highest BCUT2D eigenvalue weighted by atomic mass is 16.5. The molecule has 0 atom stereocenters. The molecule has 11 nitrogen and oxygen atoms in total. The van der Waals surface area contributed by atoms with Gasteiger partial charge in [0, 0.05) is 47.9 Å². The average molecular weight is 553 g/mol. The molecule has 3 rings (SSSR count). The molecule has 2 amide bonds. The Morgan fingerprint density at radius 3 is 1.93 bits per heavy atom. The number of carbonyl (C=O) groups excluding carboxylic acids is 2. The number of nitrogens with one attached hydrogen (secondary N) is 2. The Hall–Kier alpha value is -4.15. The number of amides is 2. The van der Waals surface area contributed by atoms with E-state index in [2.05, 4.69) is 30.5 Å². The summed E-state index contributed by atoms with van der Waals surface area (Å²) in [6.07, 6.45) is 1.72. The van der Waals surface area contributed by atoms with Crippen LogP contribution in [-0.2, 0) is 16.1 Å². The molecule has 0 spiro atoms. The minimum absolute atomic E-state index is 0.0736. The molecule has 2 N–H and O–H groups in total. The van der Waals surface area contributed by atoms with E-state index in [0.717, 1.165) is 11.3 Å². The number of hydrogen-bond acceptors (Lipinski definition) is 9. The fraction of sp³-hybridized carbons (Fsp3) is 0.483. The first kappa shape index (κ1) is 30.4. The number of fused-ring (bicyclic) bond motifs is 1. The van der Waals surface area contributed by atoms with Crippen LogP contribution in [0, 0.1) is 10.8 Å². The molecule has 0 saturated carbocycles. The van der Waals surface area contributed by atoms with Crippen LogP contribution in [0.3, 0.4) is 0 Å². The number of rotatable bonds is 9. The quantitative estimate of drug-likeness (QED) is 0.375. The van der Waals surface area contributed by atoms with Gasteiger partial charge in [0.05, 0.1) is 26.7 Å². The molecule has 0 aliphatic heterocycles. The van der Waals surface area contributed by atoms with Crippen LogP contribution in [0.1, 0.15) is 54.0 Å². The van der Waals surface area contributed by atoms with Crippen LogP contribution in [-0.4, -0.2) is 54.6 Å². The number of carbonyl (C=O) groups is 2.